The maximum absolute atomic E-state index is 13.8. The van der Waals surface area contributed by atoms with Gasteiger partial charge in [0, 0.05) is 11.8 Å². The molecule has 0 bridgehead atoms. The van der Waals surface area contributed by atoms with Crippen molar-refractivity contribution in [2.45, 2.75) is 19.0 Å². The van der Waals surface area contributed by atoms with Crippen LogP contribution >= 0.6 is 23.4 Å². The van der Waals surface area contributed by atoms with Crippen LogP contribution < -0.4 is 5.32 Å². The standard InChI is InChI=1S/C20H19ClF3N3O2S2/c1-30-19(26-12-25)27-15-10-16(20(22,23)24)18(17(21)11-15)14-7-5-13(6-8-14)4-3-9-31(2,28)29/h5-8,10-11H,3-4,9H2,1-2H3,(H,26,27). The van der Waals surface area contributed by atoms with Gasteiger partial charge in [-0.25, -0.2) is 13.4 Å². The summed E-state index contributed by atoms with van der Waals surface area (Å²) in [5, 5.41) is 11.0. The van der Waals surface area contributed by atoms with E-state index in [0.29, 0.717) is 12.8 Å². The number of nitrogens with zero attached hydrogens (tertiary/aromatic N) is 2. The maximum atomic E-state index is 13.8. The van der Waals surface area contributed by atoms with E-state index >= 15 is 0 Å². The third-order valence-electron chi connectivity index (χ3n) is 4.19. The third kappa shape index (κ3) is 7.45. The Morgan fingerprint density at radius 1 is 1.26 bits per heavy atom. The minimum absolute atomic E-state index is 0.0365. The molecule has 0 heterocycles. The summed E-state index contributed by atoms with van der Waals surface area (Å²) in [5.41, 5.74) is -0.0632. The minimum atomic E-state index is -4.68. The number of nitrogens with one attached hydrogen (secondary N) is 1. The number of hydrogen-bond donors (Lipinski definition) is 1. The van der Waals surface area contributed by atoms with Crippen molar-refractivity contribution in [2.24, 2.45) is 4.99 Å². The lowest BCUT2D eigenvalue weighted by molar-refractivity contribution is -0.137. The van der Waals surface area contributed by atoms with Gasteiger partial charge in [-0.2, -0.15) is 18.4 Å². The first-order valence-electron chi connectivity index (χ1n) is 8.90. The van der Waals surface area contributed by atoms with Crippen LogP contribution in [0.4, 0.5) is 18.9 Å². The van der Waals surface area contributed by atoms with E-state index < -0.39 is 21.6 Å². The van der Waals surface area contributed by atoms with Gasteiger partial charge in [-0.3, -0.25) is 5.32 Å². The molecule has 31 heavy (non-hydrogen) atoms. The smallest absolute Gasteiger partial charge is 0.271 e. The number of thioether (sulfide) groups is 1. The van der Waals surface area contributed by atoms with Crippen LogP contribution in [0.1, 0.15) is 17.5 Å². The molecule has 11 heteroatoms. The monoisotopic (exact) mass is 489 g/mol. The summed E-state index contributed by atoms with van der Waals surface area (Å²) in [6.07, 6.45) is 0.691. The van der Waals surface area contributed by atoms with E-state index in [-0.39, 0.29) is 32.8 Å². The van der Waals surface area contributed by atoms with Gasteiger partial charge in [0.05, 0.1) is 22.0 Å². The van der Waals surface area contributed by atoms with Crippen LogP contribution in [0.3, 0.4) is 0 Å². The average molecular weight is 490 g/mol. The van der Waals surface area contributed by atoms with Crippen molar-refractivity contribution in [3.05, 3.63) is 52.5 Å². The van der Waals surface area contributed by atoms with E-state index in [0.717, 1.165) is 29.6 Å². The second kappa shape index (κ2) is 10.4. The van der Waals surface area contributed by atoms with Crippen molar-refractivity contribution in [2.75, 3.05) is 18.3 Å². The largest absolute Gasteiger partial charge is 0.417 e. The molecule has 5 nitrogen and oxygen atoms in total. The first kappa shape index (κ1) is 25.0. The lowest BCUT2D eigenvalue weighted by Gasteiger charge is -2.16. The molecular weight excluding hydrogens is 471 g/mol. The van der Waals surface area contributed by atoms with Gasteiger partial charge in [0.25, 0.3) is 0 Å². The zero-order valence-corrected chi connectivity index (χ0v) is 19.0. The van der Waals surface area contributed by atoms with E-state index in [1.54, 1.807) is 24.6 Å². The van der Waals surface area contributed by atoms with Gasteiger partial charge in [-0.05, 0) is 42.4 Å². The molecule has 0 radical (unpaired) electrons. The van der Waals surface area contributed by atoms with Crippen LogP contribution in [0.25, 0.3) is 11.1 Å². The van der Waals surface area contributed by atoms with Crippen molar-refractivity contribution in [3.63, 3.8) is 0 Å². The third-order valence-corrected chi connectivity index (χ3v) is 6.10. The van der Waals surface area contributed by atoms with Crippen LogP contribution in [0.5, 0.6) is 0 Å². The SMILES string of the molecule is CSC(=Nc1cc(Cl)c(-c2ccc(CCCS(C)(=O)=O)cc2)c(C(F)(F)F)c1)NC#N. The van der Waals surface area contributed by atoms with Gasteiger partial charge < -0.3 is 0 Å². The Morgan fingerprint density at radius 3 is 2.42 bits per heavy atom. The highest BCUT2D eigenvalue weighted by Crippen LogP contribution is 2.43. The van der Waals surface area contributed by atoms with Crippen molar-refractivity contribution < 1.29 is 21.6 Å². The number of rotatable bonds is 6. The Kier molecular flexibility index (Phi) is 8.40. The van der Waals surface area contributed by atoms with Crippen LogP contribution in [0.2, 0.25) is 5.02 Å². The molecule has 0 aromatic heterocycles. The van der Waals surface area contributed by atoms with E-state index in [4.69, 9.17) is 16.9 Å². The minimum Gasteiger partial charge on any atom is -0.271 e. The number of amidine groups is 1. The van der Waals surface area contributed by atoms with Crippen LogP contribution in [0, 0.1) is 11.5 Å². The highest BCUT2D eigenvalue weighted by atomic mass is 35.5. The normalized spacial score (nSPS) is 12.5. The highest BCUT2D eigenvalue weighted by Gasteiger charge is 2.35. The van der Waals surface area contributed by atoms with Crippen LogP contribution in [-0.2, 0) is 22.4 Å². The van der Waals surface area contributed by atoms with E-state index in [1.165, 1.54) is 18.2 Å². The number of aryl methyl sites for hydroxylation is 1. The fourth-order valence-electron chi connectivity index (χ4n) is 2.84. The molecule has 166 valence electrons. The molecule has 0 spiro atoms. The van der Waals surface area contributed by atoms with Crippen molar-refractivity contribution in [1.82, 2.24) is 5.32 Å². The zero-order chi connectivity index (χ0) is 23.2. The lowest BCUT2D eigenvalue weighted by atomic mass is 9.97. The highest BCUT2D eigenvalue weighted by molar-refractivity contribution is 8.13. The van der Waals surface area contributed by atoms with E-state index in [9.17, 15) is 21.6 Å². The molecule has 0 aliphatic heterocycles. The number of hydrogen-bond acceptors (Lipinski definition) is 5. The first-order chi connectivity index (χ1) is 14.4. The summed E-state index contributed by atoms with van der Waals surface area (Å²) in [6, 6.07) is 8.56. The number of alkyl halides is 3. The summed E-state index contributed by atoms with van der Waals surface area (Å²) < 4.78 is 63.8. The summed E-state index contributed by atoms with van der Waals surface area (Å²) in [5.74, 6) is 0.0411. The molecule has 0 aliphatic rings. The van der Waals surface area contributed by atoms with E-state index in [2.05, 4.69) is 10.3 Å². The molecule has 0 saturated carbocycles. The van der Waals surface area contributed by atoms with Crippen molar-refractivity contribution >= 4 is 44.1 Å². The zero-order valence-electron chi connectivity index (χ0n) is 16.6. The molecule has 0 unspecified atom stereocenters. The van der Waals surface area contributed by atoms with Crippen molar-refractivity contribution in [3.8, 4) is 17.3 Å². The Labute approximate surface area is 188 Å². The second-order valence-electron chi connectivity index (χ2n) is 6.64. The molecule has 2 rings (SSSR count). The Bertz CT molecular complexity index is 1110. The summed E-state index contributed by atoms with van der Waals surface area (Å²) in [7, 11) is -3.07. The number of aliphatic imine (C=N–C) groups is 1. The van der Waals surface area contributed by atoms with Crippen molar-refractivity contribution in [1.29, 1.82) is 5.26 Å². The molecule has 2 aromatic carbocycles. The Hall–Kier alpha value is -2.22. The topological polar surface area (TPSA) is 82.3 Å². The number of benzene rings is 2. The van der Waals surface area contributed by atoms with Crippen LogP contribution in [0.15, 0.2) is 41.4 Å². The predicted octanol–water partition coefficient (Wildman–Crippen LogP) is 5.42. The molecule has 0 atom stereocenters. The van der Waals surface area contributed by atoms with Crippen LogP contribution in [-0.4, -0.2) is 31.8 Å². The van der Waals surface area contributed by atoms with Gasteiger partial charge in [0.2, 0.25) is 0 Å². The molecule has 0 amide bonds. The quantitative estimate of drug-likeness (QED) is 0.253. The van der Waals surface area contributed by atoms with Gasteiger partial charge in [-0.15, -0.1) is 0 Å². The fourth-order valence-corrected chi connectivity index (χ4v) is 4.18. The summed E-state index contributed by atoms with van der Waals surface area (Å²) in [6.45, 7) is 0. The molecule has 1 N–H and O–H groups in total. The number of halogens is 4. The van der Waals surface area contributed by atoms with Gasteiger partial charge >= 0.3 is 6.18 Å². The summed E-state index contributed by atoms with van der Waals surface area (Å²) >= 11 is 7.30. The van der Waals surface area contributed by atoms with Gasteiger partial charge in [-0.1, -0.05) is 47.6 Å². The Morgan fingerprint density at radius 2 is 1.90 bits per heavy atom. The maximum Gasteiger partial charge on any atom is 0.417 e. The fraction of sp³-hybridized carbons (Fsp3) is 0.300. The molecule has 0 aliphatic carbocycles. The summed E-state index contributed by atoms with van der Waals surface area (Å²) in [4.78, 5) is 4.02. The average Bonchev–Trinajstić information content (AvgIpc) is 2.66. The van der Waals surface area contributed by atoms with E-state index in [1.807, 2.05) is 0 Å². The lowest BCUT2D eigenvalue weighted by Crippen LogP contribution is -2.12. The number of sulfone groups is 1. The molecule has 2 aromatic rings. The number of nitriles is 1. The first-order valence-corrected chi connectivity index (χ1v) is 12.6. The Balaban J connectivity index is 2.43. The van der Waals surface area contributed by atoms with Gasteiger partial charge in [0.15, 0.2) is 11.4 Å². The molecule has 0 saturated heterocycles. The predicted molar refractivity (Wildman–Crippen MR) is 119 cm³/mol. The van der Waals surface area contributed by atoms with Gasteiger partial charge in [0.1, 0.15) is 9.84 Å². The molecular formula is C20H19ClF3N3O2S2. The molecule has 0 fully saturated rings. The second-order valence-corrected chi connectivity index (χ2v) is 10.1.